The first-order valence-corrected chi connectivity index (χ1v) is 17.2. The van der Waals surface area contributed by atoms with Gasteiger partial charge in [0.2, 0.25) is 18.6 Å². The van der Waals surface area contributed by atoms with Gasteiger partial charge in [-0.15, -0.1) is 0 Å². The molecule has 1 N–H and O–H groups in total. The fourth-order valence-corrected chi connectivity index (χ4v) is 8.50. The normalized spacial score (nSPS) is 24.1. The predicted octanol–water partition coefficient (Wildman–Crippen LogP) is 0.976. The molecule has 48 heavy (non-hydrogen) atoms. The monoisotopic (exact) mass is 714 g/mol. The fraction of sp³-hybridized carbons (Fsp3) is 0.500. The number of amides is 3. The Morgan fingerprint density at radius 2 is 1.71 bits per heavy atom. The topological polar surface area (TPSA) is 132 Å². The highest BCUT2D eigenvalue weighted by Gasteiger charge is 2.53. The molecule has 2 aromatic rings. The van der Waals surface area contributed by atoms with E-state index in [2.05, 4.69) is 4.90 Å². The number of hydrogen-bond donors (Lipinski definition) is 1. The second kappa shape index (κ2) is 13.3. The Kier molecular flexibility index (Phi) is 9.52. The molecule has 2 aromatic carbocycles. The molecule has 0 radical (unpaired) electrons. The molecule has 3 fully saturated rings. The van der Waals surface area contributed by atoms with Crippen LogP contribution < -0.4 is 14.8 Å². The lowest BCUT2D eigenvalue weighted by molar-refractivity contribution is -0.179. The second-order valence-corrected chi connectivity index (χ2v) is 14.5. The summed E-state index contributed by atoms with van der Waals surface area (Å²) >= 11 is 6.28. The van der Waals surface area contributed by atoms with Crippen LogP contribution in [0.3, 0.4) is 0 Å². The van der Waals surface area contributed by atoms with E-state index in [1.54, 1.807) is 34.5 Å². The Labute approximate surface area is 280 Å². The maximum absolute atomic E-state index is 14.3. The zero-order valence-corrected chi connectivity index (χ0v) is 27.4. The molecule has 6 rings (SSSR count). The summed E-state index contributed by atoms with van der Waals surface area (Å²) in [5.74, 6) is -3.14. The first kappa shape index (κ1) is 34.2. The summed E-state index contributed by atoms with van der Waals surface area (Å²) in [6.45, 7) is 1.15. The van der Waals surface area contributed by atoms with Gasteiger partial charge >= 0.3 is 12.1 Å². The number of piperazine rings is 2. The number of fused-ring (bicyclic) bond motifs is 2. The summed E-state index contributed by atoms with van der Waals surface area (Å²) in [7, 11) is -2.18. The van der Waals surface area contributed by atoms with Crippen molar-refractivity contribution in [3.63, 3.8) is 0 Å². The van der Waals surface area contributed by atoms with Crippen molar-refractivity contribution in [2.75, 3.05) is 65.5 Å². The smallest absolute Gasteiger partial charge is 0.454 e. The standard InChI is InChI=1S/C30H34ClF3N6O7S/c1-36-8-10-37(11-9-36)22-15-39(17-48(44,45)25-5-3-2-4-20(25)31)26-16-38(14-19-6-7-23-24(12-19)47-18-46-23)27(41)21(40(26)28(22)42)13-35-29(43)30(32,33)34/h2-7,12,21-22,26H,8-11,13-18H2,1H3,(H,35,43)/t21-,22+,26?/m0/s1. The van der Waals surface area contributed by atoms with E-state index in [1.165, 1.54) is 23.1 Å². The van der Waals surface area contributed by atoms with Gasteiger partial charge in [0, 0.05) is 45.8 Å². The van der Waals surface area contributed by atoms with E-state index in [0.29, 0.717) is 43.2 Å². The number of rotatable bonds is 8. The molecule has 3 saturated heterocycles. The van der Waals surface area contributed by atoms with Crippen molar-refractivity contribution in [1.82, 2.24) is 29.8 Å². The molecule has 13 nitrogen and oxygen atoms in total. The third kappa shape index (κ3) is 6.92. The van der Waals surface area contributed by atoms with Gasteiger partial charge in [-0.2, -0.15) is 13.2 Å². The average Bonchev–Trinajstić information content (AvgIpc) is 3.50. The van der Waals surface area contributed by atoms with Gasteiger partial charge in [0.05, 0.1) is 16.5 Å². The molecule has 1 unspecified atom stereocenters. The highest BCUT2D eigenvalue weighted by molar-refractivity contribution is 7.91. The third-order valence-corrected chi connectivity index (χ3v) is 11.2. The molecule has 4 heterocycles. The second-order valence-electron chi connectivity index (χ2n) is 12.2. The zero-order valence-electron chi connectivity index (χ0n) is 25.9. The van der Waals surface area contributed by atoms with Crippen LogP contribution >= 0.6 is 11.6 Å². The van der Waals surface area contributed by atoms with E-state index in [0.717, 1.165) is 4.90 Å². The fourth-order valence-electron chi connectivity index (χ4n) is 6.50. The van der Waals surface area contributed by atoms with E-state index < -0.39 is 64.4 Å². The maximum atomic E-state index is 14.3. The molecular formula is C30H34ClF3N6O7S. The van der Waals surface area contributed by atoms with Crippen molar-refractivity contribution in [1.29, 1.82) is 0 Å². The van der Waals surface area contributed by atoms with Crippen LogP contribution in [0.25, 0.3) is 0 Å². The predicted molar refractivity (Wildman–Crippen MR) is 165 cm³/mol. The third-order valence-electron chi connectivity index (χ3n) is 9.02. The summed E-state index contributed by atoms with van der Waals surface area (Å²) < 4.78 is 78.2. The number of alkyl halides is 3. The molecule has 4 aliphatic rings. The number of benzene rings is 2. The van der Waals surface area contributed by atoms with Crippen molar-refractivity contribution in [3.05, 3.63) is 53.1 Å². The Hall–Kier alpha value is -3.64. The first-order valence-electron chi connectivity index (χ1n) is 15.2. The summed E-state index contributed by atoms with van der Waals surface area (Å²) in [5.41, 5.74) is 0.604. The van der Waals surface area contributed by atoms with Gasteiger partial charge in [-0.25, -0.2) is 8.42 Å². The van der Waals surface area contributed by atoms with Crippen LogP contribution in [0.5, 0.6) is 11.5 Å². The highest BCUT2D eigenvalue weighted by Crippen LogP contribution is 2.35. The number of nitrogens with zero attached hydrogens (tertiary/aromatic N) is 5. The minimum Gasteiger partial charge on any atom is -0.454 e. The number of halogens is 4. The SMILES string of the molecule is CN1CCN([C@@H]2CN(CS(=O)(=O)c3ccccc3Cl)C3CN(Cc4ccc5c(c4)OCO5)C(=O)[C@H](CNC(=O)C(F)(F)F)N3C2=O)CC1. The molecule has 4 aliphatic heterocycles. The molecule has 0 aromatic heterocycles. The largest absolute Gasteiger partial charge is 0.471 e. The summed E-state index contributed by atoms with van der Waals surface area (Å²) in [6, 6.07) is 8.50. The van der Waals surface area contributed by atoms with E-state index >= 15 is 0 Å². The van der Waals surface area contributed by atoms with E-state index in [1.807, 2.05) is 11.9 Å². The Morgan fingerprint density at radius 3 is 2.42 bits per heavy atom. The van der Waals surface area contributed by atoms with Crippen molar-refractivity contribution >= 4 is 39.2 Å². The highest BCUT2D eigenvalue weighted by atomic mass is 35.5. The summed E-state index contributed by atoms with van der Waals surface area (Å²) in [5, 5.41) is 1.78. The van der Waals surface area contributed by atoms with Crippen molar-refractivity contribution in [2.24, 2.45) is 0 Å². The molecule has 0 aliphatic carbocycles. The molecule has 0 spiro atoms. The molecule has 3 amide bonds. The van der Waals surface area contributed by atoms with Crippen molar-refractivity contribution in [3.8, 4) is 11.5 Å². The van der Waals surface area contributed by atoms with Crippen LogP contribution in [0.15, 0.2) is 47.4 Å². The Balaban J connectivity index is 1.37. The van der Waals surface area contributed by atoms with Gasteiger partial charge in [0.25, 0.3) is 0 Å². The zero-order chi connectivity index (χ0) is 34.4. The molecule has 3 atom stereocenters. The lowest BCUT2D eigenvalue weighted by Crippen LogP contribution is -2.77. The Bertz CT molecular complexity index is 1690. The number of hydrogen-bond acceptors (Lipinski definition) is 10. The molecule has 260 valence electrons. The molecular weight excluding hydrogens is 681 g/mol. The van der Waals surface area contributed by atoms with Gasteiger partial charge in [-0.3, -0.25) is 24.2 Å². The quantitative estimate of drug-likeness (QED) is 0.422. The minimum atomic E-state index is -5.23. The number of carbonyl (C=O) groups is 3. The summed E-state index contributed by atoms with van der Waals surface area (Å²) in [6.07, 6.45) is -6.29. The maximum Gasteiger partial charge on any atom is 0.471 e. The van der Waals surface area contributed by atoms with Gasteiger partial charge in [-0.05, 0) is 36.9 Å². The molecule has 0 bridgehead atoms. The van der Waals surface area contributed by atoms with Crippen molar-refractivity contribution < 1.29 is 45.4 Å². The number of nitrogens with one attached hydrogen (secondary N) is 1. The van der Waals surface area contributed by atoms with Crippen LogP contribution in [0.1, 0.15) is 5.56 Å². The Morgan fingerprint density at radius 1 is 1.00 bits per heavy atom. The van der Waals surface area contributed by atoms with Crippen molar-refractivity contribution in [2.45, 2.75) is 35.9 Å². The van der Waals surface area contributed by atoms with Crippen LogP contribution in [-0.2, 0) is 30.8 Å². The number of sulfone groups is 1. The van der Waals surface area contributed by atoms with E-state index in [4.69, 9.17) is 21.1 Å². The lowest BCUT2D eigenvalue weighted by atomic mass is 9.99. The number of likely N-dealkylation sites (N-methyl/N-ethyl adjacent to an activating group) is 1. The average molecular weight is 715 g/mol. The minimum absolute atomic E-state index is 0.00839. The lowest BCUT2D eigenvalue weighted by Gasteiger charge is -2.55. The van der Waals surface area contributed by atoms with Gasteiger partial charge < -0.3 is 29.5 Å². The van der Waals surface area contributed by atoms with Crippen LogP contribution in [-0.4, -0.2) is 141 Å². The first-order chi connectivity index (χ1) is 22.7. The molecule has 0 saturated carbocycles. The van der Waals surface area contributed by atoms with Gasteiger partial charge in [-0.1, -0.05) is 29.8 Å². The van der Waals surface area contributed by atoms with E-state index in [-0.39, 0.29) is 36.3 Å². The number of ether oxygens (including phenoxy) is 2. The van der Waals surface area contributed by atoms with Crippen LogP contribution in [0.2, 0.25) is 5.02 Å². The van der Waals surface area contributed by atoms with E-state index in [9.17, 15) is 36.0 Å². The summed E-state index contributed by atoms with van der Waals surface area (Å²) in [4.78, 5) is 48.2. The molecule has 18 heteroatoms. The van der Waals surface area contributed by atoms with Crippen LogP contribution in [0, 0.1) is 0 Å². The number of carbonyl (C=O) groups excluding carboxylic acids is 3. The van der Waals surface area contributed by atoms with Gasteiger partial charge in [0.15, 0.2) is 21.3 Å². The van der Waals surface area contributed by atoms with Gasteiger partial charge in [0.1, 0.15) is 24.1 Å². The van der Waals surface area contributed by atoms with Crippen LogP contribution in [0.4, 0.5) is 13.2 Å².